The number of nitrogens with zero attached hydrogens (tertiary/aromatic N) is 6. The largest absolute Gasteiger partial charge is 0.359 e. The van der Waals surface area contributed by atoms with Gasteiger partial charge in [0.25, 0.3) is 5.56 Å². The molecule has 0 aliphatic carbocycles. The quantitative estimate of drug-likeness (QED) is 0.339. The smallest absolute Gasteiger partial charge is 0.278 e. The molecule has 2 aromatic carbocycles. The summed E-state index contributed by atoms with van der Waals surface area (Å²) in [6, 6.07) is 24.0. The van der Waals surface area contributed by atoms with Gasteiger partial charge < -0.3 is 14.0 Å². The summed E-state index contributed by atoms with van der Waals surface area (Å²) in [4.78, 5) is 20.8. The van der Waals surface area contributed by atoms with E-state index in [4.69, 9.17) is 4.52 Å². The lowest BCUT2D eigenvalue weighted by Gasteiger charge is -2.30. The Bertz CT molecular complexity index is 1640. The molecule has 8 nitrogen and oxygen atoms in total. The molecule has 0 spiro atoms. The van der Waals surface area contributed by atoms with Gasteiger partial charge in [-0.2, -0.15) is 5.26 Å². The van der Waals surface area contributed by atoms with Crippen molar-refractivity contribution in [2.75, 3.05) is 18.0 Å². The van der Waals surface area contributed by atoms with E-state index in [-0.39, 0.29) is 12.1 Å². The second-order valence-electron chi connectivity index (χ2n) is 9.35. The number of rotatable bonds is 6. The average molecular weight is 491 g/mol. The topological polar surface area (TPSA) is 92.9 Å². The Labute approximate surface area is 214 Å². The molecule has 0 N–H and O–H groups in total. The van der Waals surface area contributed by atoms with Gasteiger partial charge in [-0.1, -0.05) is 65.8 Å². The van der Waals surface area contributed by atoms with Crippen molar-refractivity contribution in [2.45, 2.75) is 32.4 Å². The molecule has 184 valence electrons. The molecule has 8 heteroatoms. The summed E-state index contributed by atoms with van der Waals surface area (Å²) >= 11 is 0. The Morgan fingerprint density at radius 3 is 2.41 bits per heavy atom. The molecule has 1 fully saturated rings. The summed E-state index contributed by atoms with van der Waals surface area (Å²) in [5, 5.41) is 14.3. The van der Waals surface area contributed by atoms with Crippen LogP contribution in [0.4, 0.5) is 5.82 Å². The van der Waals surface area contributed by atoms with Gasteiger partial charge in [0.15, 0.2) is 5.76 Å². The standard InChI is InChI=1S/C29H26N6O2/c30-17-24-26-27(35(18-21-10-4-1-5-11-21)28(24)33-14-8-3-9-15-33)29(36)34(20-31-26)19-23-16-25(32-37-23)22-12-6-2-7-13-22/h1-2,4-7,10-13,16,20H,3,8-9,14-15,18-19H2. The summed E-state index contributed by atoms with van der Waals surface area (Å²) in [7, 11) is 0. The van der Waals surface area contributed by atoms with E-state index < -0.39 is 0 Å². The molecule has 1 saturated heterocycles. The van der Waals surface area contributed by atoms with Crippen LogP contribution in [0.3, 0.4) is 0 Å². The average Bonchev–Trinajstić information content (AvgIpc) is 3.54. The fraction of sp³-hybridized carbons (Fsp3) is 0.241. The zero-order chi connectivity index (χ0) is 25.2. The molecule has 0 atom stereocenters. The van der Waals surface area contributed by atoms with Crippen LogP contribution in [-0.2, 0) is 13.1 Å². The number of nitriles is 1. The Balaban J connectivity index is 1.46. The van der Waals surface area contributed by atoms with Crippen LogP contribution in [0.25, 0.3) is 22.3 Å². The van der Waals surface area contributed by atoms with Gasteiger partial charge in [-0.05, 0) is 24.8 Å². The number of benzene rings is 2. The predicted octanol–water partition coefficient (Wildman–Crippen LogP) is 4.81. The first kappa shape index (κ1) is 22.8. The second-order valence-corrected chi connectivity index (χ2v) is 9.35. The van der Waals surface area contributed by atoms with E-state index in [9.17, 15) is 10.1 Å². The molecule has 37 heavy (non-hydrogen) atoms. The molecule has 0 saturated carbocycles. The Morgan fingerprint density at radius 2 is 1.68 bits per heavy atom. The zero-order valence-corrected chi connectivity index (χ0v) is 20.4. The maximum atomic E-state index is 13.9. The molecule has 1 aliphatic heterocycles. The third kappa shape index (κ3) is 4.29. The lowest BCUT2D eigenvalue weighted by atomic mass is 10.1. The number of piperidine rings is 1. The first-order valence-corrected chi connectivity index (χ1v) is 12.5. The van der Waals surface area contributed by atoms with Gasteiger partial charge in [-0.15, -0.1) is 0 Å². The highest BCUT2D eigenvalue weighted by atomic mass is 16.5. The Hall–Kier alpha value is -4.64. The minimum atomic E-state index is -0.210. The Morgan fingerprint density at radius 1 is 0.946 bits per heavy atom. The molecule has 4 heterocycles. The van der Waals surface area contributed by atoms with Gasteiger partial charge in [0.1, 0.15) is 34.2 Å². The van der Waals surface area contributed by atoms with E-state index in [1.54, 1.807) is 0 Å². The fourth-order valence-corrected chi connectivity index (χ4v) is 5.12. The minimum Gasteiger partial charge on any atom is -0.359 e. The molecule has 5 aromatic rings. The fourth-order valence-electron chi connectivity index (χ4n) is 5.12. The van der Waals surface area contributed by atoms with Crippen molar-refractivity contribution in [2.24, 2.45) is 0 Å². The summed E-state index contributed by atoms with van der Waals surface area (Å²) < 4.78 is 9.07. The van der Waals surface area contributed by atoms with Crippen molar-refractivity contribution in [3.05, 3.63) is 100 Å². The number of aromatic nitrogens is 4. The Kier molecular flexibility index (Phi) is 6.03. The number of hydrogen-bond donors (Lipinski definition) is 0. The van der Waals surface area contributed by atoms with E-state index in [0.717, 1.165) is 42.9 Å². The van der Waals surface area contributed by atoms with Crippen LogP contribution in [0.2, 0.25) is 0 Å². The van der Waals surface area contributed by atoms with Crippen molar-refractivity contribution in [1.29, 1.82) is 5.26 Å². The summed E-state index contributed by atoms with van der Waals surface area (Å²) in [6.45, 7) is 2.38. The lowest BCUT2D eigenvalue weighted by Crippen LogP contribution is -2.32. The molecular weight excluding hydrogens is 464 g/mol. The first-order valence-electron chi connectivity index (χ1n) is 12.5. The third-order valence-corrected chi connectivity index (χ3v) is 6.91. The highest BCUT2D eigenvalue weighted by Gasteiger charge is 2.27. The van der Waals surface area contributed by atoms with Crippen LogP contribution in [0.5, 0.6) is 0 Å². The molecule has 3 aromatic heterocycles. The molecule has 6 rings (SSSR count). The third-order valence-electron chi connectivity index (χ3n) is 6.91. The van der Waals surface area contributed by atoms with E-state index >= 15 is 0 Å². The molecular formula is C29H26N6O2. The van der Waals surface area contributed by atoms with Gasteiger partial charge in [0.2, 0.25) is 0 Å². The van der Waals surface area contributed by atoms with Crippen LogP contribution in [0, 0.1) is 11.3 Å². The summed E-state index contributed by atoms with van der Waals surface area (Å²) in [5.41, 5.74) is 3.85. The van der Waals surface area contributed by atoms with E-state index in [0.29, 0.717) is 34.6 Å². The first-order chi connectivity index (χ1) is 18.2. The van der Waals surface area contributed by atoms with Gasteiger partial charge in [0.05, 0.1) is 12.9 Å². The molecule has 1 aliphatic rings. The molecule has 0 radical (unpaired) electrons. The highest BCUT2D eigenvalue weighted by molar-refractivity contribution is 5.89. The maximum Gasteiger partial charge on any atom is 0.278 e. The normalized spacial score (nSPS) is 13.6. The van der Waals surface area contributed by atoms with Crippen molar-refractivity contribution < 1.29 is 4.52 Å². The van der Waals surface area contributed by atoms with Crippen LogP contribution in [-0.4, -0.2) is 32.4 Å². The monoisotopic (exact) mass is 490 g/mol. The van der Waals surface area contributed by atoms with Crippen molar-refractivity contribution in [3.8, 4) is 17.3 Å². The van der Waals surface area contributed by atoms with Gasteiger partial charge in [0, 0.05) is 31.3 Å². The number of hydrogen-bond acceptors (Lipinski definition) is 6. The van der Waals surface area contributed by atoms with Crippen molar-refractivity contribution >= 4 is 16.9 Å². The summed E-state index contributed by atoms with van der Waals surface area (Å²) in [5.74, 6) is 1.34. The lowest BCUT2D eigenvalue weighted by molar-refractivity contribution is 0.376. The van der Waals surface area contributed by atoms with Gasteiger partial charge in [-0.3, -0.25) is 9.36 Å². The van der Waals surface area contributed by atoms with Crippen molar-refractivity contribution in [1.82, 2.24) is 19.3 Å². The summed E-state index contributed by atoms with van der Waals surface area (Å²) in [6.07, 6.45) is 4.79. The van der Waals surface area contributed by atoms with Crippen LogP contribution in [0.15, 0.2) is 82.4 Å². The van der Waals surface area contributed by atoms with Crippen LogP contribution < -0.4 is 10.5 Å². The number of fused-ring (bicyclic) bond motifs is 1. The SMILES string of the molecule is N#Cc1c(N2CCCCC2)n(Cc2ccccc2)c2c(=O)n(Cc3cc(-c4ccccc4)no3)cnc12. The predicted molar refractivity (Wildman–Crippen MR) is 141 cm³/mol. The maximum absolute atomic E-state index is 13.9. The van der Waals surface area contributed by atoms with Crippen LogP contribution >= 0.6 is 0 Å². The van der Waals surface area contributed by atoms with Crippen molar-refractivity contribution in [3.63, 3.8) is 0 Å². The molecule has 0 unspecified atom stereocenters. The zero-order valence-electron chi connectivity index (χ0n) is 20.4. The molecule has 0 amide bonds. The van der Waals surface area contributed by atoms with Gasteiger partial charge in [-0.25, -0.2) is 4.98 Å². The number of anilines is 1. The second kappa shape index (κ2) is 9.78. The van der Waals surface area contributed by atoms with Gasteiger partial charge >= 0.3 is 0 Å². The minimum absolute atomic E-state index is 0.194. The molecule has 0 bridgehead atoms. The van der Waals surface area contributed by atoms with Crippen LogP contribution in [0.1, 0.15) is 36.1 Å². The highest BCUT2D eigenvalue weighted by Crippen LogP contribution is 2.32. The van der Waals surface area contributed by atoms with E-state index in [1.807, 2.05) is 71.3 Å². The van der Waals surface area contributed by atoms with E-state index in [1.165, 1.54) is 17.3 Å². The van der Waals surface area contributed by atoms with E-state index in [2.05, 4.69) is 21.1 Å².